The van der Waals surface area contributed by atoms with Gasteiger partial charge in [0.15, 0.2) is 0 Å². The van der Waals surface area contributed by atoms with E-state index in [0.717, 1.165) is 44.1 Å². The number of carbonyl (C=O) groups is 1. The Kier molecular flexibility index (Phi) is 4.18. The number of aliphatic hydroxyl groups is 1. The van der Waals surface area contributed by atoms with Gasteiger partial charge in [-0.3, -0.25) is 4.79 Å². The summed E-state index contributed by atoms with van der Waals surface area (Å²) in [6.07, 6.45) is 9.52. The zero-order valence-corrected chi connectivity index (χ0v) is 17.0. The van der Waals surface area contributed by atoms with Crippen LogP contribution < -0.4 is 5.63 Å². The van der Waals surface area contributed by atoms with Crippen LogP contribution in [-0.2, 0) is 4.79 Å². The molecular formula is C24H32O4. The van der Waals surface area contributed by atoms with Crippen molar-refractivity contribution in [2.45, 2.75) is 77.2 Å². The van der Waals surface area contributed by atoms with Crippen molar-refractivity contribution >= 4 is 5.78 Å². The van der Waals surface area contributed by atoms with E-state index >= 15 is 0 Å². The van der Waals surface area contributed by atoms with E-state index in [1.54, 1.807) is 6.26 Å². The fourth-order valence-corrected chi connectivity index (χ4v) is 8.10. The van der Waals surface area contributed by atoms with E-state index in [2.05, 4.69) is 13.8 Å². The molecule has 5 rings (SSSR count). The van der Waals surface area contributed by atoms with Gasteiger partial charge in [-0.1, -0.05) is 13.8 Å². The maximum atomic E-state index is 13.3. The average Bonchev–Trinajstić information content (AvgIpc) is 2.94. The lowest BCUT2D eigenvalue weighted by atomic mass is 9.44. The molecule has 1 N–H and O–H groups in total. The lowest BCUT2D eigenvalue weighted by molar-refractivity contribution is -0.144. The Labute approximate surface area is 166 Å². The van der Waals surface area contributed by atoms with Crippen molar-refractivity contribution in [3.05, 3.63) is 34.4 Å². The first-order chi connectivity index (χ1) is 13.3. The summed E-state index contributed by atoms with van der Waals surface area (Å²) in [6.45, 7) is 4.76. The second-order valence-corrected chi connectivity index (χ2v) is 10.6. The van der Waals surface area contributed by atoms with Gasteiger partial charge in [0.2, 0.25) is 0 Å². The Morgan fingerprint density at radius 1 is 1.04 bits per heavy atom. The fourth-order valence-electron chi connectivity index (χ4n) is 8.10. The second-order valence-electron chi connectivity index (χ2n) is 10.6. The smallest absolute Gasteiger partial charge is 0.335 e. The molecule has 1 heterocycles. The van der Waals surface area contributed by atoms with Gasteiger partial charge in [-0.2, -0.15) is 0 Å². The largest absolute Gasteiger partial charge is 0.431 e. The molecule has 0 amide bonds. The van der Waals surface area contributed by atoms with E-state index in [0.29, 0.717) is 30.0 Å². The molecule has 152 valence electrons. The Balaban J connectivity index is 1.48. The Bertz CT molecular complexity index is 823. The van der Waals surface area contributed by atoms with Gasteiger partial charge in [0.1, 0.15) is 5.78 Å². The van der Waals surface area contributed by atoms with Crippen LogP contribution in [0.5, 0.6) is 0 Å². The van der Waals surface area contributed by atoms with Crippen molar-refractivity contribution in [2.24, 2.45) is 34.5 Å². The first kappa shape index (κ1) is 18.6. The predicted octanol–water partition coefficient (Wildman–Crippen LogP) is 4.31. The average molecular weight is 385 g/mol. The minimum absolute atomic E-state index is 0.0322. The topological polar surface area (TPSA) is 67.5 Å². The Hall–Kier alpha value is -1.42. The fraction of sp³-hybridized carbons (Fsp3) is 0.750. The molecule has 0 aromatic carbocycles. The molecule has 4 nitrogen and oxygen atoms in total. The lowest BCUT2D eigenvalue weighted by Gasteiger charge is -2.60. The Morgan fingerprint density at radius 2 is 1.82 bits per heavy atom. The first-order valence-corrected chi connectivity index (χ1v) is 11.1. The van der Waals surface area contributed by atoms with Gasteiger partial charge in [-0.05, 0) is 91.1 Å². The van der Waals surface area contributed by atoms with E-state index in [1.165, 1.54) is 12.5 Å². The highest BCUT2D eigenvalue weighted by Gasteiger charge is 2.63. The molecule has 0 saturated heterocycles. The van der Waals surface area contributed by atoms with Crippen LogP contribution >= 0.6 is 0 Å². The summed E-state index contributed by atoms with van der Waals surface area (Å²) in [5.74, 6) is 2.40. The summed E-state index contributed by atoms with van der Waals surface area (Å²) in [5.41, 5.74) is 0.929. The molecule has 28 heavy (non-hydrogen) atoms. The third kappa shape index (κ3) is 2.52. The molecule has 8 atom stereocenters. The number of aliphatic hydroxyl groups excluding tert-OH is 1. The summed E-state index contributed by atoms with van der Waals surface area (Å²) in [6, 6.07) is 3.35. The van der Waals surface area contributed by atoms with Crippen LogP contribution in [0.1, 0.15) is 76.7 Å². The van der Waals surface area contributed by atoms with Crippen LogP contribution in [0.3, 0.4) is 0 Å². The summed E-state index contributed by atoms with van der Waals surface area (Å²) in [7, 11) is 0. The third-order valence-electron chi connectivity index (χ3n) is 9.52. The van der Waals surface area contributed by atoms with E-state index in [4.69, 9.17) is 4.42 Å². The number of hydrogen-bond donors (Lipinski definition) is 1. The van der Waals surface area contributed by atoms with Crippen LogP contribution in [0.15, 0.2) is 27.6 Å². The van der Waals surface area contributed by atoms with E-state index < -0.39 is 0 Å². The van der Waals surface area contributed by atoms with E-state index in [9.17, 15) is 14.7 Å². The second kappa shape index (κ2) is 6.29. The number of Topliss-reactive ketones (excluding diaryl/α,β-unsaturated/α-hetero) is 1. The highest BCUT2D eigenvalue weighted by atomic mass is 16.4. The zero-order chi connectivity index (χ0) is 19.7. The van der Waals surface area contributed by atoms with Gasteiger partial charge >= 0.3 is 5.63 Å². The van der Waals surface area contributed by atoms with Crippen molar-refractivity contribution in [3.8, 4) is 0 Å². The molecule has 4 heteroatoms. The highest BCUT2D eigenvalue weighted by molar-refractivity contribution is 5.86. The molecular weight excluding hydrogens is 352 g/mol. The number of carbonyl (C=O) groups excluding carboxylic acids is 1. The SMILES string of the molecule is C[C@]12CC[C@H](O)C[C@H]1CC[C@H]1[C@H]3C(=O)C[C@H](c4ccc(=O)oc4)[C@@]3(C)CC[C@@H]12. The quantitative estimate of drug-likeness (QED) is 0.784. The number of hydrogen-bond acceptors (Lipinski definition) is 4. The van der Waals surface area contributed by atoms with Crippen molar-refractivity contribution in [1.82, 2.24) is 0 Å². The third-order valence-corrected chi connectivity index (χ3v) is 9.52. The number of fused-ring (bicyclic) bond motifs is 5. The zero-order valence-electron chi connectivity index (χ0n) is 17.0. The molecule has 0 aliphatic heterocycles. The summed E-state index contributed by atoms with van der Waals surface area (Å²) in [4.78, 5) is 24.7. The van der Waals surface area contributed by atoms with Crippen LogP contribution in [-0.4, -0.2) is 17.0 Å². The van der Waals surface area contributed by atoms with E-state index in [1.807, 2.05) is 6.07 Å². The highest BCUT2D eigenvalue weighted by Crippen LogP contribution is 2.68. The van der Waals surface area contributed by atoms with Crippen LogP contribution in [0, 0.1) is 34.5 Å². The summed E-state index contributed by atoms with van der Waals surface area (Å²) in [5, 5.41) is 10.2. The number of rotatable bonds is 1. The number of ketones is 1. The summed E-state index contributed by atoms with van der Waals surface area (Å²) >= 11 is 0. The normalized spacial score (nSPS) is 47.9. The molecule has 1 aromatic rings. The minimum Gasteiger partial charge on any atom is -0.431 e. The molecule has 4 aliphatic carbocycles. The van der Waals surface area contributed by atoms with Crippen LogP contribution in [0.4, 0.5) is 0 Å². The molecule has 0 radical (unpaired) electrons. The standard InChI is InChI=1S/C24H32O4/c1-23-9-7-16(25)11-15(23)4-5-17-18(23)8-10-24(2)19(12-20(26)22(17)24)14-3-6-21(27)28-13-14/h3,6,13,15-19,22,25H,4-5,7-12H2,1-2H3/t15-,16+,17-,18+,19-,22+,23+,24-/m1/s1. The molecule has 0 spiro atoms. The minimum atomic E-state index is -0.329. The molecule has 0 unspecified atom stereocenters. The van der Waals surface area contributed by atoms with Gasteiger partial charge in [0, 0.05) is 18.4 Å². The molecule has 4 aliphatic rings. The summed E-state index contributed by atoms with van der Waals surface area (Å²) < 4.78 is 5.14. The van der Waals surface area contributed by atoms with Gasteiger partial charge < -0.3 is 9.52 Å². The Morgan fingerprint density at radius 3 is 2.57 bits per heavy atom. The maximum Gasteiger partial charge on any atom is 0.335 e. The van der Waals surface area contributed by atoms with Crippen molar-refractivity contribution in [3.63, 3.8) is 0 Å². The van der Waals surface area contributed by atoms with Crippen LogP contribution in [0.2, 0.25) is 0 Å². The van der Waals surface area contributed by atoms with Crippen LogP contribution in [0.25, 0.3) is 0 Å². The first-order valence-electron chi connectivity index (χ1n) is 11.1. The van der Waals surface area contributed by atoms with Crippen molar-refractivity contribution < 1.29 is 14.3 Å². The monoisotopic (exact) mass is 384 g/mol. The molecule has 4 fully saturated rings. The van der Waals surface area contributed by atoms with Gasteiger partial charge in [-0.15, -0.1) is 0 Å². The molecule has 4 saturated carbocycles. The van der Waals surface area contributed by atoms with Gasteiger partial charge in [-0.25, -0.2) is 4.79 Å². The molecule has 1 aromatic heterocycles. The van der Waals surface area contributed by atoms with E-state index in [-0.39, 0.29) is 34.4 Å². The lowest BCUT2D eigenvalue weighted by Crippen LogP contribution is -2.54. The van der Waals surface area contributed by atoms with Crippen molar-refractivity contribution in [2.75, 3.05) is 0 Å². The van der Waals surface area contributed by atoms with Gasteiger partial charge in [0.05, 0.1) is 12.4 Å². The van der Waals surface area contributed by atoms with Gasteiger partial charge in [0.25, 0.3) is 0 Å². The predicted molar refractivity (Wildman–Crippen MR) is 106 cm³/mol. The van der Waals surface area contributed by atoms with Crippen molar-refractivity contribution in [1.29, 1.82) is 0 Å². The maximum absolute atomic E-state index is 13.3. The molecule has 0 bridgehead atoms.